The van der Waals surface area contributed by atoms with Crippen LogP contribution in [0.5, 0.6) is 0 Å². The van der Waals surface area contributed by atoms with Crippen molar-refractivity contribution < 1.29 is 14.7 Å². The molecule has 0 radical (unpaired) electrons. The van der Waals surface area contributed by atoms with Gasteiger partial charge in [-0.1, -0.05) is 36.4 Å². The van der Waals surface area contributed by atoms with Crippen LogP contribution in [0.15, 0.2) is 36.4 Å². The van der Waals surface area contributed by atoms with E-state index in [-0.39, 0.29) is 23.7 Å². The second-order valence-electron chi connectivity index (χ2n) is 7.87. The molecule has 5 heteroatoms. The van der Waals surface area contributed by atoms with Gasteiger partial charge in [-0.25, -0.2) is 0 Å². The molecule has 2 bridgehead atoms. The minimum atomic E-state index is -0.821. The second kappa shape index (κ2) is 6.88. The Labute approximate surface area is 154 Å². The van der Waals surface area contributed by atoms with E-state index in [1.54, 1.807) is 0 Å². The Morgan fingerprint density at radius 1 is 1.04 bits per heavy atom. The molecule has 2 aliphatic carbocycles. The van der Waals surface area contributed by atoms with Crippen LogP contribution >= 0.6 is 0 Å². The summed E-state index contributed by atoms with van der Waals surface area (Å²) in [5.41, 5.74) is 2.63. The van der Waals surface area contributed by atoms with Crippen molar-refractivity contribution in [3.05, 3.63) is 47.5 Å². The molecule has 2 fully saturated rings. The van der Waals surface area contributed by atoms with Gasteiger partial charge in [0.05, 0.1) is 11.8 Å². The lowest BCUT2D eigenvalue weighted by molar-refractivity contribution is -0.151. The average molecular weight is 354 g/mol. The highest BCUT2D eigenvalue weighted by Gasteiger charge is 2.52. The number of rotatable bonds is 4. The van der Waals surface area contributed by atoms with Gasteiger partial charge in [-0.05, 0) is 36.3 Å². The molecule has 26 heavy (non-hydrogen) atoms. The van der Waals surface area contributed by atoms with E-state index in [0.29, 0.717) is 13.1 Å². The van der Waals surface area contributed by atoms with Crippen LogP contribution in [-0.4, -0.2) is 53.0 Å². The number of carboxylic acids is 1. The Hall–Kier alpha value is -2.14. The number of aliphatic carboxylic acids is 1. The molecule has 1 saturated heterocycles. The molecule has 5 nitrogen and oxygen atoms in total. The molecule has 0 aromatic heterocycles. The van der Waals surface area contributed by atoms with Crippen LogP contribution in [0.4, 0.5) is 0 Å². The lowest BCUT2D eigenvalue weighted by Gasteiger charge is -2.38. The summed E-state index contributed by atoms with van der Waals surface area (Å²) in [6, 6.07) is 8.41. The first-order valence-corrected chi connectivity index (χ1v) is 9.51. The Bertz CT molecular complexity index is 737. The molecule has 1 aromatic rings. The first-order valence-electron chi connectivity index (χ1n) is 9.51. The van der Waals surface area contributed by atoms with Crippen LogP contribution in [0.25, 0.3) is 0 Å². The zero-order valence-corrected chi connectivity index (χ0v) is 15.2. The van der Waals surface area contributed by atoms with E-state index < -0.39 is 11.9 Å². The Morgan fingerprint density at radius 2 is 1.69 bits per heavy atom. The molecule has 0 spiro atoms. The molecule has 4 rings (SSSR count). The number of allylic oxidation sites excluding steroid dienone is 2. The minimum Gasteiger partial charge on any atom is -0.481 e. The fourth-order valence-electron chi connectivity index (χ4n) is 4.86. The maximum absolute atomic E-state index is 13.0. The highest BCUT2D eigenvalue weighted by Crippen LogP contribution is 2.48. The molecular weight excluding hydrogens is 328 g/mol. The first kappa shape index (κ1) is 17.3. The van der Waals surface area contributed by atoms with Crippen molar-refractivity contribution in [1.82, 2.24) is 9.80 Å². The third-order valence-electron chi connectivity index (χ3n) is 6.37. The van der Waals surface area contributed by atoms with Crippen molar-refractivity contribution in [3.63, 3.8) is 0 Å². The predicted octanol–water partition coefficient (Wildman–Crippen LogP) is 2.16. The monoisotopic (exact) mass is 354 g/mol. The van der Waals surface area contributed by atoms with Crippen LogP contribution in [0.1, 0.15) is 17.5 Å². The van der Waals surface area contributed by atoms with Crippen molar-refractivity contribution in [2.45, 2.75) is 19.9 Å². The highest BCUT2D eigenvalue weighted by molar-refractivity contribution is 5.87. The summed E-state index contributed by atoms with van der Waals surface area (Å²) in [6.07, 6.45) is 4.87. The Balaban J connectivity index is 1.37. The molecule has 4 atom stereocenters. The van der Waals surface area contributed by atoms with Gasteiger partial charge in [0.2, 0.25) is 5.91 Å². The van der Waals surface area contributed by atoms with Crippen LogP contribution in [0.2, 0.25) is 0 Å². The topological polar surface area (TPSA) is 60.9 Å². The maximum Gasteiger partial charge on any atom is 0.307 e. The number of piperazine rings is 1. The second-order valence-corrected chi connectivity index (χ2v) is 7.87. The van der Waals surface area contributed by atoms with Crippen molar-refractivity contribution in [1.29, 1.82) is 0 Å². The lowest BCUT2D eigenvalue weighted by atomic mass is 9.82. The molecule has 1 aliphatic heterocycles. The van der Waals surface area contributed by atoms with Gasteiger partial charge in [0.25, 0.3) is 0 Å². The third-order valence-corrected chi connectivity index (χ3v) is 6.37. The summed E-state index contributed by atoms with van der Waals surface area (Å²) in [6.45, 7) is 6.10. The SMILES string of the molecule is Cc1ccccc1CN1CCN(C(=O)[C@H]2[C@@H](C(=O)O)[C@H]3C=C[C@@H]2C3)CC1. The smallest absolute Gasteiger partial charge is 0.307 e. The standard InChI is InChI=1S/C21H26N2O3/c1-14-4-2-3-5-17(14)13-22-8-10-23(11-9-22)20(24)18-15-6-7-16(12-15)19(18)21(25)26/h2-7,15-16,18-19H,8-13H2,1H3,(H,25,26)/t15-,16+,18-,19+/m1/s1. The molecule has 1 N–H and O–H groups in total. The number of fused-ring (bicyclic) bond motifs is 2. The molecule has 1 heterocycles. The third kappa shape index (κ3) is 3.05. The van der Waals surface area contributed by atoms with E-state index in [1.807, 2.05) is 11.0 Å². The van der Waals surface area contributed by atoms with Gasteiger partial charge in [0, 0.05) is 32.7 Å². The Morgan fingerprint density at radius 3 is 2.35 bits per heavy atom. The summed E-state index contributed by atoms with van der Waals surface area (Å²) in [5.74, 6) is -1.54. The van der Waals surface area contributed by atoms with Gasteiger partial charge in [-0.2, -0.15) is 0 Å². The largest absolute Gasteiger partial charge is 0.481 e. The van der Waals surface area contributed by atoms with Gasteiger partial charge in [0.15, 0.2) is 0 Å². The number of carbonyl (C=O) groups is 2. The number of amides is 1. The molecule has 1 amide bonds. The van der Waals surface area contributed by atoms with E-state index in [2.05, 4.69) is 42.2 Å². The van der Waals surface area contributed by atoms with E-state index in [1.165, 1.54) is 11.1 Å². The zero-order valence-electron chi connectivity index (χ0n) is 15.2. The molecule has 3 aliphatic rings. The van der Waals surface area contributed by atoms with E-state index in [4.69, 9.17) is 0 Å². The van der Waals surface area contributed by atoms with E-state index >= 15 is 0 Å². The predicted molar refractivity (Wildman–Crippen MR) is 98.4 cm³/mol. The highest BCUT2D eigenvalue weighted by atomic mass is 16.4. The quantitative estimate of drug-likeness (QED) is 0.842. The van der Waals surface area contributed by atoms with Crippen LogP contribution in [0.3, 0.4) is 0 Å². The van der Waals surface area contributed by atoms with Crippen molar-refractivity contribution in [3.8, 4) is 0 Å². The van der Waals surface area contributed by atoms with Gasteiger partial charge < -0.3 is 10.0 Å². The summed E-state index contributed by atoms with van der Waals surface area (Å²) in [4.78, 5) is 29.0. The average Bonchev–Trinajstić information content (AvgIpc) is 3.25. The van der Waals surface area contributed by atoms with Crippen LogP contribution < -0.4 is 0 Å². The lowest BCUT2D eigenvalue weighted by Crippen LogP contribution is -2.52. The number of benzene rings is 1. The van der Waals surface area contributed by atoms with Gasteiger partial charge in [-0.15, -0.1) is 0 Å². The van der Waals surface area contributed by atoms with Gasteiger partial charge in [0.1, 0.15) is 0 Å². The Kier molecular flexibility index (Phi) is 4.57. The van der Waals surface area contributed by atoms with Gasteiger partial charge >= 0.3 is 5.97 Å². The maximum atomic E-state index is 13.0. The first-order chi connectivity index (χ1) is 12.5. The van der Waals surface area contributed by atoms with Gasteiger partial charge in [-0.3, -0.25) is 14.5 Å². The number of carbonyl (C=O) groups excluding carboxylic acids is 1. The minimum absolute atomic E-state index is 0.0359. The molecule has 138 valence electrons. The normalized spacial score (nSPS) is 30.7. The van der Waals surface area contributed by atoms with Crippen LogP contribution in [-0.2, 0) is 16.1 Å². The van der Waals surface area contributed by atoms with E-state index in [9.17, 15) is 14.7 Å². The summed E-state index contributed by atoms with van der Waals surface area (Å²) in [7, 11) is 0. The molecule has 1 saturated carbocycles. The molecule has 0 unspecified atom stereocenters. The van der Waals surface area contributed by atoms with Crippen LogP contribution in [0, 0.1) is 30.6 Å². The number of hydrogen-bond donors (Lipinski definition) is 1. The molecule has 1 aromatic carbocycles. The summed E-state index contributed by atoms with van der Waals surface area (Å²) >= 11 is 0. The van der Waals surface area contributed by atoms with Crippen molar-refractivity contribution >= 4 is 11.9 Å². The summed E-state index contributed by atoms with van der Waals surface area (Å²) in [5, 5.41) is 9.57. The zero-order chi connectivity index (χ0) is 18.3. The summed E-state index contributed by atoms with van der Waals surface area (Å²) < 4.78 is 0. The molecular formula is C21H26N2O3. The fourth-order valence-corrected chi connectivity index (χ4v) is 4.86. The number of hydrogen-bond acceptors (Lipinski definition) is 3. The number of aryl methyl sites for hydroxylation is 1. The number of nitrogens with zero attached hydrogens (tertiary/aromatic N) is 2. The van der Waals surface area contributed by atoms with E-state index in [0.717, 1.165) is 26.1 Å². The van der Waals surface area contributed by atoms with Crippen molar-refractivity contribution in [2.24, 2.45) is 23.7 Å². The van der Waals surface area contributed by atoms with Crippen molar-refractivity contribution in [2.75, 3.05) is 26.2 Å². The fraction of sp³-hybridized carbons (Fsp3) is 0.524. The number of carboxylic acid groups (broad SMARTS) is 1.